The highest BCUT2D eigenvalue weighted by molar-refractivity contribution is 6.30. The number of hydrogen-bond acceptors (Lipinski definition) is 5. The smallest absolute Gasteiger partial charge is 0.131 e. The van der Waals surface area contributed by atoms with Gasteiger partial charge in [-0.15, -0.1) is 0 Å². The zero-order valence-corrected chi connectivity index (χ0v) is 24.1. The van der Waals surface area contributed by atoms with E-state index >= 15 is 0 Å². The minimum atomic E-state index is -0.923. The Morgan fingerprint density at radius 2 is 1.97 bits per heavy atom. The van der Waals surface area contributed by atoms with Gasteiger partial charge >= 0.3 is 0 Å². The predicted octanol–water partition coefficient (Wildman–Crippen LogP) is 6.32. The van der Waals surface area contributed by atoms with Gasteiger partial charge in [0.15, 0.2) is 0 Å². The van der Waals surface area contributed by atoms with Crippen molar-refractivity contribution in [3.63, 3.8) is 0 Å². The van der Waals surface area contributed by atoms with Crippen LogP contribution in [0.1, 0.15) is 61.6 Å². The molecule has 3 aromatic rings. The quantitative estimate of drug-likeness (QED) is 0.341. The first-order chi connectivity index (χ1) is 18.8. The van der Waals surface area contributed by atoms with Crippen molar-refractivity contribution in [2.75, 3.05) is 32.7 Å². The van der Waals surface area contributed by atoms with Gasteiger partial charge in [0.1, 0.15) is 12.4 Å². The van der Waals surface area contributed by atoms with Crippen LogP contribution in [0.4, 0.5) is 0 Å². The van der Waals surface area contributed by atoms with Gasteiger partial charge in [-0.25, -0.2) is 0 Å². The molecule has 206 valence electrons. The molecule has 1 N–H and O–H groups in total. The number of likely N-dealkylation sites (tertiary alicyclic amines) is 1. The van der Waals surface area contributed by atoms with Gasteiger partial charge in [0, 0.05) is 48.0 Å². The number of aromatic nitrogens is 1. The first kappa shape index (κ1) is 27.9. The Hall–Kier alpha value is -2.70. The van der Waals surface area contributed by atoms with Gasteiger partial charge in [0.05, 0.1) is 11.3 Å². The number of aliphatic hydroxyl groups is 1. The largest absolute Gasteiger partial charge is 0.487 e. The van der Waals surface area contributed by atoms with Crippen LogP contribution in [0.3, 0.4) is 0 Å². The molecule has 1 aromatic heterocycles. The van der Waals surface area contributed by atoms with Crippen molar-refractivity contribution in [1.29, 1.82) is 0 Å². The molecule has 2 aromatic carbocycles. The maximum Gasteiger partial charge on any atom is 0.131 e. The molecule has 1 atom stereocenters. The second kappa shape index (κ2) is 12.2. The topological polar surface area (TPSA) is 48.8 Å². The highest BCUT2D eigenvalue weighted by Gasteiger charge is 2.27. The van der Waals surface area contributed by atoms with E-state index in [1.165, 1.54) is 12.0 Å². The number of fused-ring (bicyclic) bond motifs is 2. The molecule has 0 aliphatic carbocycles. The minimum absolute atomic E-state index is 0.444. The third-order valence-electron chi connectivity index (χ3n) is 8.09. The van der Waals surface area contributed by atoms with E-state index in [-0.39, 0.29) is 0 Å². The van der Waals surface area contributed by atoms with Crippen molar-refractivity contribution in [2.45, 2.75) is 58.3 Å². The third-order valence-corrected chi connectivity index (χ3v) is 8.34. The summed E-state index contributed by atoms with van der Waals surface area (Å²) in [5, 5.41) is 11.5. The van der Waals surface area contributed by atoms with E-state index in [1.54, 1.807) is 0 Å². The van der Waals surface area contributed by atoms with Gasteiger partial charge in [-0.1, -0.05) is 48.9 Å². The lowest BCUT2D eigenvalue weighted by Crippen LogP contribution is -2.38. The Morgan fingerprint density at radius 1 is 1.15 bits per heavy atom. The van der Waals surface area contributed by atoms with Crippen LogP contribution in [0.5, 0.6) is 5.75 Å². The van der Waals surface area contributed by atoms with Crippen molar-refractivity contribution in [2.24, 2.45) is 0 Å². The molecule has 0 saturated carbocycles. The highest BCUT2D eigenvalue weighted by Crippen LogP contribution is 2.38. The molecule has 1 saturated heterocycles. The van der Waals surface area contributed by atoms with Gasteiger partial charge < -0.3 is 14.7 Å². The Bertz CT molecular complexity index is 1300. The summed E-state index contributed by atoms with van der Waals surface area (Å²) in [4.78, 5) is 9.84. The maximum atomic E-state index is 10.7. The van der Waals surface area contributed by atoms with Crippen LogP contribution in [-0.4, -0.2) is 58.7 Å². The predicted molar refractivity (Wildman–Crippen MR) is 159 cm³/mol. The number of hydrogen-bond donors (Lipinski definition) is 1. The number of benzene rings is 2. The van der Waals surface area contributed by atoms with Gasteiger partial charge in [0.25, 0.3) is 0 Å². The molecule has 39 heavy (non-hydrogen) atoms. The molecular weight excluding hydrogens is 506 g/mol. The Labute approximate surface area is 238 Å². The fraction of sp³-hybridized carbons (Fsp3) is 0.424. The van der Waals surface area contributed by atoms with Crippen LogP contribution in [0.15, 0.2) is 66.9 Å². The van der Waals surface area contributed by atoms with Crippen molar-refractivity contribution in [3.8, 4) is 5.75 Å². The molecule has 2 aliphatic rings. The number of halogens is 1. The first-order valence-electron chi connectivity index (χ1n) is 14.2. The maximum absolute atomic E-state index is 10.7. The number of pyridine rings is 1. The van der Waals surface area contributed by atoms with Crippen molar-refractivity contribution in [1.82, 2.24) is 14.8 Å². The van der Waals surface area contributed by atoms with Gasteiger partial charge in [0.2, 0.25) is 0 Å². The average Bonchev–Trinajstić information content (AvgIpc) is 3.33. The molecule has 0 amide bonds. The standard InChI is InChI=1S/C33H40ClN3O2/c1-4-37(20-15-24-9-12-26(34)13-10-24)27-16-19-36(22-27)18-6-8-28-29-7-5-17-35-31(29)23-39-32-14-11-25(21-30(28)32)33(2,3)38/h5,7-14,17,21,27,38H,4,6,15-16,18-20,22-23H2,1-3H3/b28-8-. The lowest BCUT2D eigenvalue weighted by atomic mass is 9.90. The molecule has 0 spiro atoms. The normalized spacial score (nSPS) is 18.6. The molecule has 3 heterocycles. The van der Waals surface area contributed by atoms with Gasteiger partial charge in [-0.05, 0) is 93.2 Å². The van der Waals surface area contributed by atoms with Crippen molar-refractivity contribution < 1.29 is 9.84 Å². The number of ether oxygens (including phenoxy) is 1. The summed E-state index contributed by atoms with van der Waals surface area (Å²) < 4.78 is 6.16. The minimum Gasteiger partial charge on any atom is -0.487 e. The zero-order valence-electron chi connectivity index (χ0n) is 23.4. The molecule has 0 bridgehead atoms. The summed E-state index contributed by atoms with van der Waals surface area (Å²) in [5.74, 6) is 0.841. The summed E-state index contributed by atoms with van der Waals surface area (Å²) in [6, 6.07) is 19.0. The zero-order chi connectivity index (χ0) is 27.4. The Morgan fingerprint density at radius 3 is 2.74 bits per heavy atom. The first-order valence-corrected chi connectivity index (χ1v) is 14.5. The Kier molecular flexibility index (Phi) is 8.73. The van der Waals surface area contributed by atoms with E-state index in [1.807, 2.05) is 50.4 Å². The highest BCUT2D eigenvalue weighted by atomic mass is 35.5. The third kappa shape index (κ3) is 6.72. The molecule has 5 nitrogen and oxygen atoms in total. The second-order valence-electron chi connectivity index (χ2n) is 11.2. The second-order valence-corrected chi connectivity index (χ2v) is 11.6. The summed E-state index contributed by atoms with van der Waals surface area (Å²) in [5.41, 5.74) is 5.53. The van der Waals surface area contributed by atoms with E-state index in [0.29, 0.717) is 12.6 Å². The monoisotopic (exact) mass is 545 g/mol. The molecule has 1 unspecified atom stereocenters. The lowest BCUT2D eigenvalue weighted by Gasteiger charge is -2.28. The lowest BCUT2D eigenvalue weighted by molar-refractivity contribution is 0.0785. The SMILES string of the molecule is CCN(CCc1ccc(Cl)cc1)C1CCN(CC/C=C2\c3cc(C(C)(C)O)ccc3OCc3ncccc32)C1. The van der Waals surface area contributed by atoms with Gasteiger partial charge in [-0.2, -0.15) is 0 Å². The van der Waals surface area contributed by atoms with Crippen LogP contribution in [-0.2, 0) is 18.6 Å². The van der Waals surface area contributed by atoms with Crippen LogP contribution in [0.25, 0.3) is 5.57 Å². The molecule has 6 heteroatoms. The summed E-state index contributed by atoms with van der Waals surface area (Å²) in [6.45, 7) is 11.8. The fourth-order valence-electron chi connectivity index (χ4n) is 5.78. The van der Waals surface area contributed by atoms with Crippen LogP contribution in [0.2, 0.25) is 5.02 Å². The van der Waals surface area contributed by atoms with E-state index < -0.39 is 5.60 Å². The van der Waals surface area contributed by atoms with Gasteiger partial charge in [-0.3, -0.25) is 9.88 Å². The van der Waals surface area contributed by atoms with E-state index in [9.17, 15) is 5.11 Å². The van der Waals surface area contributed by atoms with E-state index in [4.69, 9.17) is 16.3 Å². The Balaban J connectivity index is 1.27. The van der Waals surface area contributed by atoms with Crippen LogP contribution >= 0.6 is 11.6 Å². The van der Waals surface area contributed by atoms with Crippen molar-refractivity contribution >= 4 is 17.2 Å². The molecular formula is C33H40ClN3O2. The van der Waals surface area contributed by atoms with Crippen LogP contribution in [0, 0.1) is 0 Å². The fourth-order valence-corrected chi connectivity index (χ4v) is 5.91. The van der Waals surface area contributed by atoms with E-state index in [2.05, 4.69) is 52.0 Å². The van der Waals surface area contributed by atoms with E-state index in [0.717, 1.165) is 84.3 Å². The number of nitrogens with zero attached hydrogens (tertiary/aromatic N) is 3. The van der Waals surface area contributed by atoms with Crippen molar-refractivity contribution in [3.05, 3.63) is 99.8 Å². The molecule has 1 fully saturated rings. The average molecular weight is 546 g/mol. The summed E-state index contributed by atoms with van der Waals surface area (Å²) in [7, 11) is 0. The number of rotatable bonds is 9. The van der Waals surface area contributed by atoms with Crippen LogP contribution < -0.4 is 4.74 Å². The number of likely N-dealkylation sites (N-methyl/N-ethyl adjacent to an activating group) is 1. The molecule has 2 aliphatic heterocycles. The molecule has 5 rings (SSSR count). The molecule has 0 radical (unpaired) electrons. The summed E-state index contributed by atoms with van der Waals surface area (Å²) >= 11 is 6.06. The summed E-state index contributed by atoms with van der Waals surface area (Å²) in [6.07, 6.45) is 7.38.